The highest BCUT2D eigenvalue weighted by atomic mass is 32.1. The SMILES string of the molecule is CC(C)Cc1ccc(C(=O)NNC(=O)Cc2csc(-c3ccc(F)cc3)n2)cc1. The summed E-state index contributed by atoms with van der Waals surface area (Å²) in [6, 6.07) is 13.4. The van der Waals surface area contributed by atoms with Gasteiger partial charge in [-0.2, -0.15) is 0 Å². The molecule has 29 heavy (non-hydrogen) atoms. The summed E-state index contributed by atoms with van der Waals surface area (Å²) in [5, 5.41) is 2.48. The van der Waals surface area contributed by atoms with Gasteiger partial charge in [-0.3, -0.25) is 20.4 Å². The molecule has 1 heterocycles. The molecule has 2 N–H and O–H groups in total. The summed E-state index contributed by atoms with van der Waals surface area (Å²) in [7, 11) is 0. The summed E-state index contributed by atoms with van der Waals surface area (Å²) in [6.45, 7) is 4.28. The normalized spacial score (nSPS) is 10.8. The molecule has 2 aromatic carbocycles. The molecule has 0 radical (unpaired) electrons. The van der Waals surface area contributed by atoms with Gasteiger partial charge in [0.2, 0.25) is 5.91 Å². The summed E-state index contributed by atoms with van der Waals surface area (Å²) in [5.41, 5.74) is 7.84. The molecule has 3 rings (SSSR count). The summed E-state index contributed by atoms with van der Waals surface area (Å²) in [6.07, 6.45) is 0.984. The van der Waals surface area contributed by atoms with Gasteiger partial charge >= 0.3 is 0 Å². The number of thiazole rings is 1. The Morgan fingerprint density at radius 1 is 1.03 bits per heavy atom. The van der Waals surface area contributed by atoms with Crippen molar-refractivity contribution in [3.63, 3.8) is 0 Å². The van der Waals surface area contributed by atoms with Crippen LogP contribution in [0.5, 0.6) is 0 Å². The van der Waals surface area contributed by atoms with Crippen molar-refractivity contribution < 1.29 is 14.0 Å². The van der Waals surface area contributed by atoms with E-state index >= 15 is 0 Å². The zero-order valence-corrected chi connectivity index (χ0v) is 17.1. The first kappa shape index (κ1) is 20.7. The number of aromatic nitrogens is 1. The number of nitrogens with zero attached hydrogens (tertiary/aromatic N) is 1. The van der Waals surface area contributed by atoms with Crippen LogP contribution in [-0.2, 0) is 17.6 Å². The average molecular weight is 412 g/mol. The van der Waals surface area contributed by atoms with Gasteiger partial charge in [0.05, 0.1) is 12.1 Å². The molecule has 7 heteroatoms. The van der Waals surface area contributed by atoms with Crippen LogP contribution in [0.4, 0.5) is 4.39 Å². The second kappa shape index (κ2) is 9.43. The molecule has 0 aliphatic rings. The van der Waals surface area contributed by atoms with Crippen molar-refractivity contribution >= 4 is 23.2 Å². The van der Waals surface area contributed by atoms with Crippen LogP contribution in [0, 0.1) is 11.7 Å². The fourth-order valence-corrected chi connectivity index (χ4v) is 3.61. The van der Waals surface area contributed by atoms with Crippen molar-refractivity contribution in [2.75, 3.05) is 0 Å². The van der Waals surface area contributed by atoms with E-state index in [1.165, 1.54) is 29.0 Å². The molecule has 0 spiro atoms. The molecule has 5 nitrogen and oxygen atoms in total. The van der Waals surface area contributed by atoms with Crippen LogP contribution in [0.2, 0.25) is 0 Å². The molecule has 0 aliphatic heterocycles. The van der Waals surface area contributed by atoms with Gasteiger partial charge < -0.3 is 0 Å². The minimum atomic E-state index is -0.375. The highest BCUT2D eigenvalue weighted by Gasteiger charge is 2.11. The number of carbonyl (C=O) groups excluding carboxylic acids is 2. The minimum Gasteiger partial charge on any atom is -0.273 e. The molecular weight excluding hydrogens is 389 g/mol. The van der Waals surface area contributed by atoms with Crippen LogP contribution in [0.3, 0.4) is 0 Å². The van der Waals surface area contributed by atoms with Crippen molar-refractivity contribution in [2.24, 2.45) is 5.92 Å². The van der Waals surface area contributed by atoms with Crippen LogP contribution in [0.25, 0.3) is 10.6 Å². The third-order valence-corrected chi connectivity index (χ3v) is 5.10. The van der Waals surface area contributed by atoms with E-state index in [1.54, 1.807) is 29.6 Å². The van der Waals surface area contributed by atoms with E-state index in [-0.39, 0.29) is 24.1 Å². The highest BCUT2D eigenvalue weighted by molar-refractivity contribution is 7.13. The lowest BCUT2D eigenvalue weighted by molar-refractivity contribution is -0.121. The summed E-state index contributed by atoms with van der Waals surface area (Å²) in [4.78, 5) is 28.7. The van der Waals surface area contributed by atoms with E-state index in [0.29, 0.717) is 22.2 Å². The summed E-state index contributed by atoms with van der Waals surface area (Å²) >= 11 is 1.38. The molecule has 1 aromatic heterocycles. The van der Waals surface area contributed by atoms with Crippen molar-refractivity contribution in [3.05, 3.63) is 76.5 Å². The fourth-order valence-electron chi connectivity index (χ4n) is 2.78. The Bertz CT molecular complexity index is 982. The van der Waals surface area contributed by atoms with Crippen molar-refractivity contribution in [1.82, 2.24) is 15.8 Å². The Hall–Kier alpha value is -3.06. The van der Waals surface area contributed by atoms with Gasteiger partial charge in [-0.05, 0) is 54.3 Å². The first-order chi connectivity index (χ1) is 13.9. The Morgan fingerprint density at radius 3 is 2.38 bits per heavy atom. The highest BCUT2D eigenvalue weighted by Crippen LogP contribution is 2.24. The van der Waals surface area contributed by atoms with Crippen molar-refractivity contribution in [1.29, 1.82) is 0 Å². The fraction of sp³-hybridized carbons (Fsp3) is 0.227. The number of nitrogens with one attached hydrogen (secondary N) is 2. The van der Waals surface area contributed by atoms with E-state index in [9.17, 15) is 14.0 Å². The maximum Gasteiger partial charge on any atom is 0.269 e. The molecule has 0 unspecified atom stereocenters. The Balaban J connectivity index is 1.51. The molecule has 0 fully saturated rings. The van der Waals surface area contributed by atoms with Crippen molar-refractivity contribution in [3.8, 4) is 10.6 Å². The number of rotatable bonds is 6. The molecular formula is C22H22FN3O2S. The van der Waals surface area contributed by atoms with E-state index in [1.807, 2.05) is 12.1 Å². The van der Waals surface area contributed by atoms with Gasteiger partial charge in [0.25, 0.3) is 5.91 Å². The van der Waals surface area contributed by atoms with Gasteiger partial charge in [-0.25, -0.2) is 9.37 Å². The van der Waals surface area contributed by atoms with E-state index < -0.39 is 0 Å². The second-order valence-corrected chi connectivity index (χ2v) is 7.98. The summed E-state index contributed by atoms with van der Waals surface area (Å²) < 4.78 is 13.0. The van der Waals surface area contributed by atoms with Crippen LogP contribution in [0.15, 0.2) is 53.9 Å². The predicted molar refractivity (Wildman–Crippen MR) is 112 cm³/mol. The molecule has 3 aromatic rings. The maximum absolute atomic E-state index is 13.0. The molecule has 0 atom stereocenters. The molecule has 0 aliphatic carbocycles. The van der Waals surface area contributed by atoms with Crippen LogP contribution < -0.4 is 10.9 Å². The lowest BCUT2D eigenvalue weighted by Crippen LogP contribution is -2.42. The first-order valence-electron chi connectivity index (χ1n) is 9.29. The zero-order valence-electron chi connectivity index (χ0n) is 16.2. The number of hydrogen-bond acceptors (Lipinski definition) is 4. The van der Waals surface area contributed by atoms with Crippen LogP contribution in [-0.4, -0.2) is 16.8 Å². The third kappa shape index (κ3) is 5.96. The number of carbonyl (C=O) groups is 2. The average Bonchev–Trinajstić information content (AvgIpc) is 3.15. The zero-order chi connectivity index (χ0) is 20.8. The molecule has 0 saturated carbocycles. The summed E-state index contributed by atoms with van der Waals surface area (Å²) in [5.74, 6) is -0.510. The van der Waals surface area contributed by atoms with Gasteiger partial charge in [0, 0.05) is 16.5 Å². The number of hydrazine groups is 1. The minimum absolute atomic E-state index is 0.0330. The van der Waals surface area contributed by atoms with Crippen LogP contribution >= 0.6 is 11.3 Å². The molecule has 0 saturated heterocycles. The lowest BCUT2D eigenvalue weighted by atomic mass is 10.0. The Labute approximate surface area is 173 Å². The van der Waals surface area contributed by atoms with Gasteiger partial charge in [-0.1, -0.05) is 26.0 Å². The van der Waals surface area contributed by atoms with Crippen LogP contribution in [0.1, 0.15) is 35.5 Å². The molecule has 2 amide bonds. The molecule has 0 bridgehead atoms. The Kier molecular flexibility index (Phi) is 6.72. The number of benzene rings is 2. The smallest absolute Gasteiger partial charge is 0.269 e. The maximum atomic E-state index is 13.0. The standard InChI is InChI=1S/C22H22FN3O2S/c1-14(2)11-15-3-5-16(6-4-15)21(28)26-25-20(27)12-19-13-29-22(24-19)17-7-9-18(23)10-8-17/h3-10,13-14H,11-12H2,1-2H3,(H,25,27)(H,26,28). The lowest BCUT2D eigenvalue weighted by Gasteiger charge is -2.08. The molecule has 150 valence electrons. The van der Waals surface area contributed by atoms with Crippen molar-refractivity contribution in [2.45, 2.75) is 26.7 Å². The van der Waals surface area contributed by atoms with E-state index in [0.717, 1.165) is 12.0 Å². The van der Waals surface area contributed by atoms with E-state index in [2.05, 4.69) is 29.7 Å². The monoisotopic (exact) mass is 411 g/mol. The van der Waals surface area contributed by atoms with Gasteiger partial charge in [-0.15, -0.1) is 11.3 Å². The van der Waals surface area contributed by atoms with Gasteiger partial charge in [0.15, 0.2) is 0 Å². The van der Waals surface area contributed by atoms with E-state index in [4.69, 9.17) is 0 Å². The largest absolute Gasteiger partial charge is 0.273 e. The third-order valence-electron chi connectivity index (χ3n) is 4.16. The van der Waals surface area contributed by atoms with Gasteiger partial charge in [0.1, 0.15) is 10.8 Å². The topological polar surface area (TPSA) is 71.1 Å². The Morgan fingerprint density at radius 2 is 1.72 bits per heavy atom. The number of amides is 2. The number of hydrogen-bond donors (Lipinski definition) is 2. The quantitative estimate of drug-likeness (QED) is 0.599. The number of halogens is 1. The first-order valence-corrected chi connectivity index (χ1v) is 10.2. The predicted octanol–water partition coefficient (Wildman–Crippen LogP) is 4.15. The second-order valence-electron chi connectivity index (χ2n) is 7.12.